The maximum atomic E-state index is 11.7. The van der Waals surface area contributed by atoms with Crippen molar-refractivity contribution in [1.82, 2.24) is 14.6 Å². The lowest BCUT2D eigenvalue weighted by atomic mass is 10.0. The summed E-state index contributed by atoms with van der Waals surface area (Å²) in [4.78, 5) is 16.4. The molecule has 0 unspecified atom stereocenters. The molecule has 1 amide bonds. The molecule has 26 heavy (non-hydrogen) atoms. The summed E-state index contributed by atoms with van der Waals surface area (Å²) in [7, 11) is 0. The first-order chi connectivity index (χ1) is 12.6. The fourth-order valence-electron chi connectivity index (χ4n) is 2.62. The lowest BCUT2D eigenvalue weighted by Gasteiger charge is -2.09. The molecule has 0 radical (unpaired) electrons. The Morgan fingerprint density at radius 3 is 2.85 bits per heavy atom. The van der Waals surface area contributed by atoms with Crippen molar-refractivity contribution in [3.8, 4) is 16.9 Å². The van der Waals surface area contributed by atoms with Gasteiger partial charge in [0.25, 0.3) is 0 Å². The number of hydrogen-bond donors (Lipinski definition) is 2. The molecule has 0 saturated heterocycles. The first-order valence-corrected chi connectivity index (χ1v) is 8.78. The minimum atomic E-state index is -0.497. The Hall–Kier alpha value is -3.09. The number of rotatable bonds is 8. The highest BCUT2D eigenvalue weighted by Gasteiger charge is 2.13. The van der Waals surface area contributed by atoms with Crippen LogP contribution >= 0.6 is 0 Å². The maximum Gasteiger partial charge on any atom is 0.248 e. The summed E-state index contributed by atoms with van der Waals surface area (Å²) < 4.78 is 7.41. The fraction of sp³-hybridized carbons (Fsp3) is 0.316. The van der Waals surface area contributed by atoms with Crippen molar-refractivity contribution in [2.45, 2.75) is 26.7 Å². The molecule has 3 rings (SSSR count). The van der Waals surface area contributed by atoms with Crippen LogP contribution in [0.25, 0.3) is 16.8 Å². The molecule has 0 spiro atoms. The van der Waals surface area contributed by atoms with Gasteiger partial charge in [-0.2, -0.15) is 5.10 Å². The van der Waals surface area contributed by atoms with Crippen LogP contribution < -0.4 is 15.8 Å². The van der Waals surface area contributed by atoms with Crippen molar-refractivity contribution < 1.29 is 9.53 Å². The van der Waals surface area contributed by atoms with Gasteiger partial charge >= 0.3 is 0 Å². The van der Waals surface area contributed by atoms with Gasteiger partial charge in [0.1, 0.15) is 11.6 Å². The van der Waals surface area contributed by atoms with Gasteiger partial charge in [-0.1, -0.05) is 13.8 Å². The lowest BCUT2D eigenvalue weighted by molar-refractivity contribution is 0.1000. The predicted octanol–water partition coefficient (Wildman–Crippen LogP) is 3.11. The van der Waals surface area contributed by atoms with Crippen molar-refractivity contribution in [3.63, 3.8) is 0 Å². The summed E-state index contributed by atoms with van der Waals surface area (Å²) in [6, 6.07) is 7.17. The van der Waals surface area contributed by atoms with Crippen LogP contribution in [0.4, 0.5) is 5.82 Å². The normalized spacial score (nSPS) is 10.8. The van der Waals surface area contributed by atoms with Crippen molar-refractivity contribution in [1.29, 1.82) is 0 Å². The molecule has 0 aliphatic heterocycles. The second-order valence-electron chi connectivity index (χ2n) is 6.02. The topological polar surface area (TPSA) is 94.5 Å². The second-order valence-corrected chi connectivity index (χ2v) is 6.02. The summed E-state index contributed by atoms with van der Waals surface area (Å²) in [6.45, 7) is 5.54. The summed E-state index contributed by atoms with van der Waals surface area (Å²) in [6.07, 6.45) is 5.48. The first kappa shape index (κ1) is 17.7. The molecule has 0 aliphatic rings. The van der Waals surface area contributed by atoms with E-state index in [2.05, 4.69) is 22.3 Å². The third-order valence-corrected chi connectivity index (χ3v) is 3.90. The van der Waals surface area contributed by atoms with E-state index in [4.69, 9.17) is 10.5 Å². The van der Waals surface area contributed by atoms with Crippen molar-refractivity contribution in [3.05, 3.63) is 42.2 Å². The van der Waals surface area contributed by atoms with Crippen molar-refractivity contribution >= 4 is 17.4 Å². The van der Waals surface area contributed by atoms with Gasteiger partial charge in [0.2, 0.25) is 5.91 Å². The average Bonchev–Trinajstić information content (AvgIpc) is 3.07. The second kappa shape index (κ2) is 7.86. The predicted molar refractivity (Wildman–Crippen MR) is 102 cm³/mol. The Morgan fingerprint density at radius 1 is 1.27 bits per heavy atom. The molecule has 0 aliphatic carbocycles. The number of anilines is 1. The van der Waals surface area contributed by atoms with Crippen molar-refractivity contribution in [2.75, 3.05) is 18.5 Å². The number of aromatic nitrogens is 3. The minimum absolute atomic E-state index is 0.396. The van der Waals surface area contributed by atoms with Gasteiger partial charge in [0.15, 0.2) is 5.65 Å². The van der Waals surface area contributed by atoms with E-state index in [-0.39, 0.29) is 0 Å². The van der Waals surface area contributed by atoms with Crippen LogP contribution in [0.15, 0.2) is 36.7 Å². The average molecular weight is 353 g/mol. The van der Waals surface area contributed by atoms with E-state index >= 15 is 0 Å². The Bertz CT molecular complexity index is 919. The summed E-state index contributed by atoms with van der Waals surface area (Å²) in [5.74, 6) is 0.898. The van der Waals surface area contributed by atoms with Gasteiger partial charge in [0, 0.05) is 23.9 Å². The number of benzene rings is 1. The smallest absolute Gasteiger partial charge is 0.248 e. The molecular weight excluding hydrogens is 330 g/mol. The van der Waals surface area contributed by atoms with E-state index in [9.17, 15) is 4.79 Å². The van der Waals surface area contributed by atoms with Crippen molar-refractivity contribution in [2.24, 2.45) is 5.73 Å². The zero-order chi connectivity index (χ0) is 18.5. The molecule has 3 N–H and O–H groups in total. The monoisotopic (exact) mass is 353 g/mol. The zero-order valence-corrected chi connectivity index (χ0v) is 15.0. The number of ether oxygens (including phenoxy) is 1. The van der Waals surface area contributed by atoms with E-state index in [0.29, 0.717) is 23.6 Å². The minimum Gasteiger partial charge on any atom is -0.494 e. The van der Waals surface area contributed by atoms with E-state index in [0.717, 1.165) is 36.3 Å². The zero-order valence-electron chi connectivity index (χ0n) is 15.0. The molecule has 7 heteroatoms. The van der Waals surface area contributed by atoms with Gasteiger partial charge in [-0.3, -0.25) is 4.79 Å². The van der Waals surface area contributed by atoms with Gasteiger partial charge in [-0.25, -0.2) is 9.50 Å². The lowest BCUT2D eigenvalue weighted by Crippen LogP contribution is -2.11. The SMILES string of the molecule is CCCNc1ccn2ncc(-c3cc(OCCC)cc(C(N)=O)c3)c2n1. The third-order valence-electron chi connectivity index (χ3n) is 3.90. The van der Waals surface area contributed by atoms with E-state index in [1.54, 1.807) is 22.8 Å². The number of primary amides is 1. The highest BCUT2D eigenvalue weighted by molar-refractivity contribution is 5.95. The molecule has 3 aromatic rings. The largest absolute Gasteiger partial charge is 0.494 e. The molecule has 0 atom stereocenters. The Balaban J connectivity index is 2.06. The molecule has 2 heterocycles. The quantitative estimate of drug-likeness (QED) is 0.649. The number of fused-ring (bicyclic) bond motifs is 1. The van der Waals surface area contributed by atoms with E-state index in [1.807, 2.05) is 25.3 Å². The van der Waals surface area contributed by atoms with E-state index in [1.165, 1.54) is 0 Å². The number of hydrogen-bond acceptors (Lipinski definition) is 5. The summed E-state index contributed by atoms with van der Waals surface area (Å²) in [5, 5.41) is 7.62. The summed E-state index contributed by atoms with van der Waals surface area (Å²) in [5.41, 5.74) is 8.19. The fourth-order valence-corrected chi connectivity index (χ4v) is 2.62. The van der Waals surface area contributed by atoms with Crippen LogP contribution in [0.2, 0.25) is 0 Å². The molecule has 0 bridgehead atoms. The standard InChI is InChI=1S/C19H23N5O2/c1-3-6-21-17-5-7-24-19(23-17)16(12-22-24)13-9-14(18(20)25)11-15(10-13)26-8-4-2/h5,7,9-12H,3-4,6,8H2,1-2H3,(H2,20,25)(H,21,23). The Morgan fingerprint density at radius 2 is 2.12 bits per heavy atom. The van der Waals surface area contributed by atoms with Crippen LogP contribution in [0.1, 0.15) is 37.0 Å². The molecule has 136 valence electrons. The van der Waals surface area contributed by atoms with Crippen LogP contribution in [-0.2, 0) is 0 Å². The van der Waals surface area contributed by atoms with Gasteiger partial charge in [0.05, 0.1) is 12.8 Å². The number of nitrogens with two attached hydrogens (primary N) is 1. The Kier molecular flexibility index (Phi) is 5.36. The van der Waals surface area contributed by atoms with Crippen LogP contribution in [0.5, 0.6) is 5.75 Å². The first-order valence-electron chi connectivity index (χ1n) is 8.78. The molecule has 7 nitrogen and oxygen atoms in total. The highest BCUT2D eigenvalue weighted by Crippen LogP contribution is 2.29. The van der Waals surface area contributed by atoms with Gasteiger partial charge < -0.3 is 15.8 Å². The third kappa shape index (κ3) is 3.77. The van der Waals surface area contributed by atoms with E-state index < -0.39 is 5.91 Å². The number of nitrogens with zero attached hydrogens (tertiary/aromatic N) is 3. The van der Waals surface area contributed by atoms with Crippen LogP contribution in [0.3, 0.4) is 0 Å². The Labute approximate surface area is 152 Å². The highest BCUT2D eigenvalue weighted by atomic mass is 16.5. The van der Waals surface area contributed by atoms with Gasteiger partial charge in [-0.15, -0.1) is 0 Å². The van der Waals surface area contributed by atoms with Gasteiger partial charge in [-0.05, 0) is 42.7 Å². The molecule has 0 saturated carbocycles. The van der Waals surface area contributed by atoms with Crippen LogP contribution in [0, 0.1) is 0 Å². The number of amides is 1. The number of nitrogens with one attached hydrogen (secondary N) is 1. The maximum absolute atomic E-state index is 11.7. The molecular formula is C19H23N5O2. The molecule has 1 aromatic carbocycles. The number of carbonyl (C=O) groups excluding carboxylic acids is 1. The van der Waals surface area contributed by atoms with Crippen LogP contribution in [-0.4, -0.2) is 33.7 Å². The number of carbonyl (C=O) groups is 1. The summed E-state index contributed by atoms with van der Waals surface area (Å²) >= 11 is 0. The molecule has 0 fully saturated rings. The molecule has 2 aromatic heterocycles.